The maximum absolute atomic E-state index is 3.25. The number of para-hydroxylation sites is 1. The monoisotopic (exact) mass is 169 g/mol. The van der Waals surface area contributed by atoms with Crippen LogP contribution in [0.15, 0.2) is 23.1 Å². The maximum atomic E-state index is 3.25. The first-order chi connectivity index (χ1) is 4.88. The number of hydrogen-bond donors (Lipinski definition) is 1. The van der Waals surface area contributed by atoms with Crippen LogP contribution in [0.4, 0.5) is 5.69 Å². The number of hydrogen-bond acceptors (Lipinski definition) is 3. The largest absolute Gasteiger partial charge is 0.319 e. The zero-order valence-electron chi connectivity index (χ0n) is 5.55. The van der Waals surface area contributed by atoms with E-state index in [1.807, 2.05) is 0 Å². The van der Waals surface area contributed by atoms with Gasteiger partial charge in [0.25, 0.3) is 0 Å². The van der Waals surface area contributed by atoms with Gasteiger partial charge in [-0.2, -0.15) is 0 Å². The van der Waals surface area contributed by atoms with E-state index in [2.05, 4.69) is 29.8 Å². The molecule has 1 aliphatic rings. The molecule has 1 aromatic rings. The summed E-state index contributed by atoms with van der Waals surface area (Å²) in [6.07, 6.45) is 0. The van der Waals surface area contributed by atoms with Crippen LogP contribution in [-0.4, -0.2) is 0 Å². The molecule has 0 aromatic heterocycles. The zero-order chi connectivity index (χ0) is 6.97. The summed E-state index contributed by atoms with van der Waals surface area (Å²) in [6.45, 7) is 2.12. The predicted molar refractivity (Wildman–Crippen MR) is 48.2 cm³/mol. The van der Waals surface area contributed by atoms with Gasteiger partial charge in [-0.25, -0.2) is 0 Å². The fraction of sp³-hybridized carbons (Fsp3) is 0.143. The fourth-order valence-corrected chi connectivity index (χ4v) is 2.99. The van der Waals surface area contributed by atoms with Gasteiger partial charge in [0.15, 0.2) is 0 Å². The highest BCUT2D eigenvalue weighted by Gasteiger charge is 2.12. The number of nitrogens with one attached hydrogen (secondary N) is 1. The Morgan fingerprint density at radius 2 is 2.30 bits per heavy atom. The van der Waals surface area contributed by atoms with Crippen molar-refractivity contribution < 1.29 is 0 Å². The van der Waals surface area contributed by atoms with Gasteiger partial charge in [0.05, 0.1) is 5.69 Å². The molecule has 0 unspecified atom stereocenters. The first-order valence-corrected chi connectivity index (χ1v) is 5.22. The first-order valence-electron chi connectivity index (χ1n) is 3.07. The average Bonchev–Trinajstić information content (AvgIpc) is 2.36. The van der Waals surface area contributed by atoms with Crippen LogP contribution in [0.25, 0.3) is 0 Å². The lowest BCUT2D eigenvalue weighted by molar-refractivity contribution is 1.38. The van der Waals surface area contributed by atoms with E-state index in [0.29, 0.717) is 0 Å². The smallest absolute Gasteiger partial charge is 0.0623 e. The van der Waals surface area contributed by atoms with Crippen molar-refractivity contribution in [2.75, 3.05) is 4.72 Å². The third kappa shape index (κ3) is 0.896. The Morgan fingerprint density at radius 3 is 3.10 bits per heavy atom. The van der Waals surface area contributed by atoms with Crippen LogP contribution in [0.2, 0.25) is 0 Å². The molecular weight excluding hydrogens is 162 g/mol. The van der Waals surface area contributed by atoms with Gasteiger partial charge in [0, 0.05) is 15.9 Å². The molecule has 1 aliphatic heterocycles. The molecule has 0 amide bonds. The van der Waals surface area contributed by atoms with Crippen LogP contribution >= 0.6 is 21.8 Å². The lowest BCUT2D eigenvalue weighted by Crippen LogP contribution is -1.82. The molecule has 1 heterocycles. The molecule has 0 saturated carbocycles. The summed E-state index contributed by atoms with van der Waals surface area (Å²) >= 11 is 0. The number of benzene rings is 1. The highest BCUT2D eigenvalue weighted by Crippen LogP contribution is 2.45. The van der Waals surface area contributed by atoms with E-state index in [1.54, 1.807) is 21.8 Å². The van der Waals surface area contributed by atoms with E-state index < -0.39 is 0 Å². The second-order valence-corrected chi connectivity index (χ2v) is 4.19. The Hall–Kier alpha value is -0.280. The highest BCUT2D eigenvalue weighted by atomic mass is 33.1. The van der Waals surface area contributed by atoms with E-state index in [0.717, 1.165) is 0 Å². The zero-order valence-corrected chi connectivity index (χ0v) is 7.18. The van der Waals surface area contributed by atoms with Gasteiger partial charge in [-0.1, -0.05) is 12.1 Å². The summed E-state index contributed by atoms with van der Waals surface area (Å²) in [5.41, 5.74) is 2.62. The van der Waals surface area contributed by atoms with Gasteiger partial charge in [-0.15, -0.1) is 0 Å². The second kappa shape index (κ2) is 2.40. The van der Waals surface area contributed by atoms with Crippen molar-refractivity contribution in [3.63, 3.8) is 0 Å². The van der Waals surface area contributed by atoms with Crippen molar-refractivity contribution in [3.05, 3.63) is 23.8 Å². The van der Waals surface area contributed by atoms with E-state index in [1.165, 1.54) is 16.1 Å². The van der Waals surface area contributed by atoms with Crippen molar-refractivity contribution in [1.82, 2.24) is 0 Å². The molecule has 0 aliphatic carbocycles. The molecule has 0 bridgehead atoms. The lowest BCUT2D eigenvalue weighted by atomic mass is 10.2. The van der Waals surface area contributed by atoms with Crippen LogP contribution < -0.4 is 4.72 Å². The average molecular weight is 169 g/mol. The summed E-state index contributed by atoms with van der Waals surface area (Å²) in [5.74, 6) is 0. The third-order valence-corrected chi connectivity index (χ3v) is 3.44. The van der Waals surface area contributed by atoms with Crippen molar-refractivity contribution >= 4 is 27.5 Å². The molecule has 0 saturated heterocycles. The van der Waals surface area contributed by atoms with E-state index in [4.69, 9.17) is 0 Å². The van der Waals surface area contributed by atoms with E-state index >= 15 is 0 Å². The van der Waals surface area contributed by atoms with Gasteiger partial charge < -0.3 is 4.72 Å². The van der Waals surface area contributed by atoms with Crippen molar-refractivity contribution in [2.24, 2.45) is 0 Å². The number of fused-ring (bicyclic) bond motifs is 1. The van der Waals surface area contributed by atoms with Crippen LogP contribution in [0.1, 0.15) is 5.56 Å². The summed E-state index contributed by atoms with van der Waals surface area (Å²) in [5, 5.41) is 0. The van der Waals surface area contributed by atoms with Gasteiger partial charge in [0.2, 0.25) is 0 Å². The van der Waals surface area contributed by atoms with Crippen LogP contribution in [0.3, 0.4) is 0 Å². The molecule has 0 radical (unpaired) electrons. The number of aryl methyl sites for hydroxylation is 1. The summed E-state index contributed by atoms with van der Waals surface area (Å²) in [6, 6.07) is 6.35. The Morgan fingerprint density at radius 1 is 1.40 bits per heavy atom. The number of anilines is 1. The quantitative estimate of drug-likeness (QED) is 0.473. The molecule has 1 N–H and O–H groups in total. The van der Waals surface area contributed by atoms with E-state index in [-0.39, 0.29) is 0 Å². The second-order valence-electron chi connectivity index (χ2n) is 2.22. The number of rotatable bonds is 0. The van der Waals surface area contributed by atoms with Crippen molar-refractivity contribution in [1.29, 1.82) is 0 Å². The molecule has 0 atom stereocenters. The Kier molecular flexibility index (Phi) is 1.54. The van der Waals surface area contributed by atoms with Gasteiger partial charge in [-0.05, 0) is 29.3 Å². The molecule has 1 nitrogen and oxygen atoms in total. The Labute approximate surface area is 68.1 Å². The SMILES string of the molecule is Cc1cccc2c1NSS2. The highest BCUT2D eigenvalue weighted by molar-refractivity contribution is 8.77. The Bertz CT molecular complexity index is 260. The molecular formula is C7H7NS2. The fourth-order valence-electron chi connectivity index (χ4n) is 0.948. The van der Waals surface area contributed by atoms with Crippen LogP contribution in [0.5, 0.6) is 0 Å². The van der Waals surface area contributed by atoms with Crippen molar-refractivity contribution in [2.45, 2.75) is 11.8 Å². The standard InChI is InChI=1S/C7H7NS2/c1-5-3-2-4-6-7(5)8-10-9-6/h2-4,8H,1H3. The van der Waals surface area contributed by atoms with Crippen LogP contribution in [0, 0.1) is 6.92 Å². The third-order valence-electron chi connectivity index (χ3n) is 1.51. The topological polar surface area (TPSA) is 12.0 Å². The summed E-state index contributed by atoms with van der Waals surface area (Å²) in [7, 11) is 3.47. The maximum Gasteiger partial charge on any atom is 0.0623 e. The van der Waals surface area contributed by atoms with Gasteiger partial charge in [-0.3, -0.25) is 0 Å². The predicted octanol–water partition coefficient (Wildman–Crippen LogP) is 3.08. The van der Waals surface area contributed by atoms with Gasteiger partial charge >= 0.3 is 0 Å². The summed E-state index contributed by atoms with van der Waals surface area (Å²) < 4.78 is 3.25. The molecule has 3 heteroatoms. The molecule has 0 spiro atoms. The molecule has 10 heavy (non-hydrogen) atoms. The van der Waals surface area contributed by atoms with E-state index in [9.17, 15) is 0 Å². The molecule has 1 aromatic carbocycles. The molecule has 52 valence electrons. The molecule has 2 rings (SSSR count). The van der Waals surface area contributed by atoms with Gasteiger partial charge in [0.1, 0.15) is 0 Å². The lowest BCUT2D eigenvalue weighted by Gasteiger charge is -1.99. The normalized spacial score (nSPS) is 14.5. The minimum absolute atomic E-state index is 1.29. The van der Waals surface area contributed by atoms with Crippen LogP contribution in [-0.2, 0) is 0 Å². The Balaban J connectivity index is 2.59. The first kappa shape index (κ1) is 6.43. The minimum atomic E-state index is 1.29. The molecule has 0 fully saturated rings. The minimum Gasteiger partial charge on any atom is -0.319 e. The van der Waals surface area contributed by atoms with Crippen molar-refractivity contribution in [3.8, 4) is 0 Å². The summed E-state index contributed by atoms with van der Waals surface area (Å²) in [4.78, 5) is 1.35.